The number of hydrogen-bond acceptors (Lipinski definition) is 3. The molecule has 2 aliphatic rings. The molecule has 2 aromatic carbocycles. The van der Waals surface area contributed by atoms with E-state index in [1.54, 1.807) is 7.11 Å². The predicted molar refractivity (Wildman–Crippen MR) is 116 cm³/mol. The second-order valence-electron chi connectivity index (χ2n) is 8.40. The van der Waals surface area contributed by atoms with Crippen LogP contribution < -0.4 is 15.4 Å². The quantitative estimate of drug-likeness (QED) is 0.773. The van der Waals surface area contributed by atoms with Gasteiger partial charge < -0.3 is 15.4 Å². The summed E-state index contributed by atoms with van der Waals surface area (Å²) in [5, 5.41) is 6.15. The summed E-state index contributed by atoms with van der Waals surface area (Å²) in [5.74, 6) is 0.738. The Labute approximate surface area is 173 Å². The van der Waals surface area contributed by atoms with Crippen LogP contribution in [-0.2, 0) is 6.54 Å². The predicted octanol–water partition coefficient (Wildman–Crippen LogP) is 4.71. The highest BCUT2D eigenvalue weighted by Crippen LogP contribution is 2.35. The largest absolute Gasteiger partial charge is 0.497 e. The van der Waals surface area contributed by atoms with Crippen molar-refractivity contribution in [2.24, 2.45) is 0 Å². The fourth-order valence-electron chi connectivity index (χ4n) is 4.81. The van der Waals surface area contributed by atoms with Crippen LogP contribution in [0.25, 0.3) is 0 Å². The molecule has 2 aliphatic heterocycles. The first kappa shape index (κ1) is 19.8. The molecule has 0 unspecified atom stereocenters. The minimum atomic E-state index is -0.131. The first-order chi connectivity index (χ1) is 14.1. The van der Waals surface area contributed by atoms with E-state index in [2.05, 4.69) is 46.7 Å². The van der Waals surface area contributed by atoms with Crippen LogP contribution in [0, 0.1) is 6.92 Å². The van der Waals surface area contributed by atoms with Crippen LogP contribution in [0.15, 0.2) is 48.5 Å². The van der Waals surface area contributed by atoms with Crippen molar-refractivity contribution in [3.05, 3.63) is 59.7 Å². The van der Waals surface area contributed by atoms with Crippen molar-refractivity contribution in [2.45, 2.75) is 63.7 Å². The number of methoxy groups -OCH3 is 1. The number of amides is 2. The fourth-order valence-corrected chi connectivity index (χ4v) is 4.81. The monoisotopic (exact) mass is 393 g/mol. The fraction of sp³-hybridized carbons (Fsp3) is 0.458. The summed E-state index contributed by atoms with van der Waals surface area (Å²) in [4.78, 5) is 15.2. The third-order valence-electron chi connectivity index (χ3n) is 6.27. The van der Waals surface area contributed by atoms with Crippen molar-refractivity contribution < 1.29 is 9.53 Å². The first-order valence-electron chi connectivity index (χ1n) is 10.6. The summed E-state index contributed by atoms with van der Waals surface area (Å²) < 4.78 is 5.23. The standard InChI is InChI=1S/C24H31N3O2/c1-17-9-11-18(12-10-17)16-27-21-6-4-7-22(27)14-20(13-21)26-24(28)25-19-5-3-8-23(15-19)29-2/h3,5,8-12,15,20-22H,4,6-7,13-14,16H2,1-2H3,(H2,25,26,28)/t21-,22-/m0/s1. The van der Waals surface area contributed by atoms with Gasteiger partial charge in [0.25, 0.3) is 0 Å². The van der Waals surface area contributed by atoms with Gasteiger partial charge in [0.2, 0.25) is 0 Å². The highest BCUT2D eigenvalue weighted by Gasteiger charge is 2.38. The zero-order valence-electron chi connectivity index (χ0n) is 17.4. The molecular weight excluding hydrogens is 362 g/mol. The Kier molecular flexibility index (Phi) is 6.05. The lowest BCUT2D eigenvalue weighted by Crippen LogP contribution is -2.56. The maximum Gasteiger partial charge on any atom is 0.319 e. The SMILES string of the molecule is COc1cccc(NC(=O)NC2C[C@@H]3CCC[C@@H](C2)N3Cc2ccc(C)cc2)c1. The molecular formula is C24H31N3O2. The Morgan fingerprint density at radius 3 is 2.52 bits per heavy atom. The van der Waals surface area contributed by atoms with Gasteiger partial charge in [0, 0.05) is 36.4 Å². The lowest BCUT2D eigenvalue weighted by atomic mass is 9.81. The van der Waals surface area contributed by atoms with Crippen LogP contribution >= 0.6 is 0 Å². The van der Waals surface area contributed by atoms with Crippen LogP contribution in [0.3, 0.4) is 0 Å². The number of carbonyl (C=O) groups excluding carboxylic acids is 1. The van der Waals surface area contributed by atoms with E-state index >= 15 is 0 Å². The number of ether oxygens (including phenoxy) is 1. The van der Waals surface area contributed by atoms with Crippen LogP contribution in [0.5, 0.6) is 5.75 Å². The molecule has 29 heavy (non-hydrogen) atoms. The molecule has 2 bridgehead atoms. The van der Waals surface area contributed by atoms with Gasteiger partial charge in [-0.2, -0.15) is 0 Å². The van der Waals surface area contributed by atoms with Crippen LogP contribution in [0.1, 0.15) is 43.2 Å². The molecule has 2 saturated heterocycles. The number of hydrogen-bond donors (Lipinski definition) is 2. The maximum absolute atomic E-state index is 12.5. The number of urea groups is 1. The van der Waals surface area contributed by atoms with Crippen molar-refractivity contribution >= 4 is 11.7 Å². The van der Waals surface area contributed by atoms with E-state index in [0.29, 0.717) is 12.1 Å². The van der Waals surface area contributed by atoms with Gasteiger partial charge in [0.15, 0.2) is 0 Å². The Bertz CT molecular complexity index is 822. The van der Waals surface area contributed by atoms with E-state index in [1.807, 2.05) is 24.3 Å². The molecule has 2 aromatic rings. The van der Waals surface area contributed by atoms with Crippen molar-refractivity contribution in [2.75, 3.05) is 12.4 Å². The summed E-state index contributed by atoms with van der Waals surface area (Å²) >= 11 is 0. The minimum Gasteiger partial charge on any atom is -0.497 e. The van der Waals surface area contributed by atoms with Crippen LogP contribution in [0.2, 0.25) is 0 Å². The topological polar surface area (TPSA) is 53.6 Å². The highest BCUT2D eigenvalue weighted by atomic mass is 16.5. The van der Waals surface area contributed by atoms with Gasteiger partial charge in [-0.15, -0.1) is 0 Å². The van der Waals surface area contributed by atoms with Gasteiger partial charge in [0.05, 0.1) is 7.11 Å². The molecule has 2 fully saturated rings. The molecule has 0 aliphatic carbocycles. The second-order valence-corrected chi connectivity index (χ2v) is 8.40. The van der Waals surface area contributed by atoms with Gasteiger partial charge >= 0.3 is 6.03 Å². The van der Waals surface area contributed by atoms with E-state index in [9.17, 15) is 4.79 Å². The van der Waals surface area contributed by atoms with Gasteiger partial charge in [-0.25, -0.2) is 4.79 Å². The Morgan fingerprint density at radius 2 is 1.83 bits per heavy atom. The number of nitrogens with one attached hydrogen (secondary N) is 2. The number of benzene rings is 2. The van der Waals surface area contributed by atoms with E-state index < -0.39 is 0 Å². The number of nitrogens with zero attached hydrogens (tertiary/aromatic N) is 1. The molecule has 2 heterocycles. The lowest BCUT2D eigenvalue weighted by molar-refractivity contribution is 0.0200. The minimum absolute atomic E-state index is 0.131. The molecule has 2 atom stereocenters. The van der Waals surface area contributed by atoms with Crippen molar-refractivity contribution in [1.82, 2.24) is 10.2 Å². The number of anilines is 1. The smallest absolute Gasteiger partial charge is 0.319 e. The molecule has 0 saturated carbocycles. The molecule has 5 nitrogen and oxygen atoms in total. The number of rotatable bonds is 5. The van der Waals surface area contributed by atoms with E-state index in [-0.39, 0.29) is 12.1 Å². The van der Waals surface area contributed by atoms with E-state index in [1.165, 1.54) is 30.4 Å². The van der Waals surface area contributed by atoms with Crippen molar-refractivity contribution in [1.29, 1.82) is 0 Å². The summed E-state index contributed by atoms with van der Waals surface area (Å²) in [6.45, 7) is 3.14. The van der Waals surface area contributed by atoms with Crippen molar-refractivity contribution in [3.63, 3.8) is 0 Å². The van der Waals surface area contributed by atoms with Gasteiger partial charge in [-0.3, -0.25) is 4.90 Å². The first-order valence-corrected chi connectivity index (χ1v) is 10.6. The average Bonchev–Trinajstić information content (AvgIpc) is 2.70. The third-order valence-corrected chi connectivity index (χ3v) is 6.27. The van der Waals surface area contributed by atoms with Crippen molar-refractivity contribution in [3.8, 4) is 5.75 Å². The zero-order valence-corrected chi connectivity index (χ0v) is 17.4. The van der Waals surface area contributed by atoms with Gasteiger partial charge in [-0.05, 0) is 50.3 Å². The number of carbonyl (C=O) groups is 1. The molecule has 0 spiro atoms. The molecule has 4 rings (SSSR count). The summed E-state index contributed by atoms with van der Waals surface area (Å²) in [6.07, 6.45) is 5.78. The number of piperidine rings is 2. The van der Waals surface area contributed by atoms with Gasteiger partial charge in [0.1, 0.15) is 5.75 Å². The van der Waals surface area contributed by atoms with Gasteiger partial charge in [-0.1, -0.05) is 42.3 Å². The average molecular weight is 394 g/mol. The third kappa shape index (κ3) is 4.91. The Balaban J connectivity index is 1.35. The summed E-state index contributed by atoms with van der Waals surface area (Å²) in [6, 6.07) is 17.5. The Morgan fingerprint density at radius 1 is 1.10 bits per heavy atom. The number of fused-ring (bicyclic) bond motifs is 2. The second kappa shape index (κ2) is 8.87. The normalized spacial score (nSPS) is 24.0. The molecule has 2 amide bonds. The molecule has 0 aromatic heterocycles. The maximum atomic E-state index is 12.5. The van der Waals surface area contributed by atoms with Crippen LogP contribution in [-0.4, -0.2) is 36.2 Å². The molecule has 0 radical (unpaired) electrons. The highest BCUT2D eigenvalue weighted by molar-refractivity contribution is 5.89. The molecule has 154 valence electrons. The van der Waals surface area contributed by atoms with Crippen LogP contribution in [0.4, 0.5) is 10.5 Å². The Hall–Kier alpha value is -2.53. The molecule has 5 heteroatoms. The summed E-state index contributed by atoms with van der Waals surface area (Å²) in [5.41, 5.74) is 3.44. The lowest BCUT2D eigenvalue weighted by Gasteiger charge is -2.49. The van der Waals surface area contributed by atoms with E-state index in [0.717, 1.165) is 30.8 Å². The zero-order chi connectivity index (χ0) is 20.2. The summed E-state index contributed by atoms with van der Waals surface area (Å²) in [7, 11) is 1.63. The molecule has 2 N–H and O–H groups in total. The van der Waals surface area contributed by atoms with E-state index in [4.69, 9.17) is 4.74 Å². The number of aryl methyl sites for hydroxylation is 1.